The molecule has 0 fully saturated rings. The minimum absolute atomic E-state index is 0.0333. The van der Waals surface area contributed by atoms with E-state index in [2.05, 4.69) is 16.0 Å². The lowest BCUT2D eigenvalue weighted by atomic mass is 10.1. The van der Waals surface area contributed by atoms with Crippen molar-refractivity contribution in [1.29, 1.82) is 0 Å². The highest BCUT2D eigenvalue weighted by atomic mass is 16.2. The molecule has 0 aliphatic heterocycles. The van der Waals surface area contributed by atoms with Gasteiger partial charge in [0.15, 0.2) is 0 Å². The fourth-order valence-corrected chi connectivity index (χ4v) is 2.28. The molecule has 0 aromatic heterocycles. The summed E-state index contributed by atoms with van der Waals surface area (Å²) in [6.45, 7) is 2.95. The van der Waals surface area contributed by atoms with Gasteiger partial charge in [-0.1, -0.05) is 60.2 Å². The van der Waals surface area contributed by atoms with Crippen molar-refractivity contribution in [3.8, 4) is 0 Å². The fourth-order valence-electron chi connectivity index (χ4n) is 2.28. The van der Waals surface area contributed by atoms with Crippen molar-refractivity contribution in [1.82, 2.24) is 16.0 Å². The van der Waals surface area contributed by atoms with Gasteiger partial charge in [0.2, 0.25) is 5.91 Å². The number of nitrogens with one attached hydrogen (secondary N) is 3. The predicted molar refractivity (Wildman–Crippen MR) is 94.6 cm³/mol. The Balaban J connectivity index is 1.60. The number of hydrogen-bond acceptors (Lipinski definition) is 2. The second-order valence-corrected chi connectivity index (χ2v) is 5.61. The maximum absolute atomic E-state index is 11.7. The standard InChI is InChI=1S/C19H23N3O2/c1-15-6-5-9-17(12-15)13-21-19(24)22-14-18(23)20-11-10-16-7-3-2-4-8-16/h2-9,12H,10-11,13-14H2,1H3,(H,20,23)(H2,21,22,24). The first-order valence-corrected chi connectivity index (χ1v) is 8.01. The molecule has 2 aromatic carbocycles. The van der Waals surface area contributed by atoms with Crippen LogP contribution in [0.1, 0.15) is 16.7 Å². The molecule has 0 unspecified atom stereocenters. The Morgan fingerprint density at radius 1 is 0.875 bits per heavy atom. The molecule has 0 radical (unpaired) electrons. The van der Waals surface area contributed by atoms with E-state index in [-0.39, 0.29) is 18.5 Å². The van der Waals surface area contributed by atoms with Gasteiger partial charge in [-0.2, -0.15) is 0 Å². The van der Waals surface area contributed by atoms with Gasteiger partial charge in [0.25, 0.3) is 0 Å². The quantitative estimate of drug-likeness (QED) is 0.730. The Morgan fingerprint density at radius 3 is 2.38 bits per heavy atom. The molecule has 0 bridgehead atoms. The minimum atomic E-state index is -0.352. The average molecular weight is 325 g/mol. The highest BCUT2D eigenvalue weighted by Gasteiger charge is 2.05. The molecule has 5 nitrogen and oxygen atoms in total. The molecule has 5 heteroatoms. The minimum Gasteiger partial charge on any atom is -0.354 e. The van der Waals surface area contributed by atoms with Crippen molar-refractivity contribution in [3.05, 3.63) is 71.3 Å². The molecule has 24 heavy (non-hydrogen) atoms. The van der Waals surface area contributed by atoms with Crippen LogP contribution < -0.4 is 16.0 Å². The molecule has 126 valence electrons. The number of amides is 3. The molecule has 0 saturated heterocycles. The largest absolute Gasteiger partial charge is 0.354 e. The zero-order chi connectivity index (χ0) is 17.2. The molecule has 0 heterocycles. The van der Waals surface area contributed by atoms with Crippen molar-refractivity contribution in [2.45, 2.75) is 19.9 Å². The lowest BCUT2D eigenvalue weighted by Crippen LogP contribution is -2.42. The van der Waals surface area contributed by atoms with Crippen LogP contribution in [0.25, 0.3) is 0 Å². The first kappa shape index (κ1) is 17.5. The lowest BCUT2D eigenvalue weighted by Gasteiger charge is -2.09. The summed E-state index contributed by atoms with van der Waals surface area (Å²) in [4.78, 5) is 23.4. The summed E-state index contributed by atoms with van der Waals surface area (Å²) in [6.07, 6.45) is 0.770. The first-order chi connectivity index (χ1) is 11.6. The van der Waals surface area contributed by atoms with E-state index in [0.717, 1.165) is 17.5 Å². The molecule has 0 aliphatic rings. The third-order valence-electron chi connectivity index (χ3n) is 3.52. The van der Waals surface area contributed by atoms with E-state index in [9.17, 15) is 9.59 Å². The maximum Gasteiger partial charge on any atom is 0.315 e. The highest BCUT2D eigenvalue weighted by molar-refractivity contribution is 5.83. The van der Waals surface area contributed by atoms with Crippen LogP contribution in [0.15, 0.2) is 54.6 Å². The molecule has 3 N–H and O–H groups in total. The summed E-state index contributed by atoms with van der Waals surface area (Å²) in [5.74, 6) is -0.198. The third-order valence-corrected chi connectivity index (χ3v) is 3.52. The Kier molecular flexibility index (Phi) is 6.83. The molecular weight excluding hydrogens is 302 g/mol. The van der Waals surface area contributed by atoms with E-state index in [1.165, 1.54) is 5.56 Å². The van der Waals surface area contributed by atoms with E-state index < -0.39 is 0 Å². The molecule has 3 amide bonds. The number of carbonyl (C=O) groups is 2. The van der Waals surface area contributed by atoms with Gasteiger partial charge < -0.3 is 16.0 Å². The van der Waals surface area contributed by atoms with Crippen LogP contribution in [0.4, 0.5) is 4.79 Å². The van der Waals surface area contributed by atoms with Gasteiger partial charge in [-0.25, -0.2) is 4.79 Å². The summed E-state index contributed by atoms with van der Waals surface area (Å²) in [7, 11) is 0. The topological polar surface area (TPSA) is 70.2 Å². The number of urea groups is 1. The Bertz CT molecular complexity index is 671. The van der Waals surface area contributed by atoms with Crippen molar-refractivity contribution < 1.29 is 9.59 Å². The second-order valence-electron chi connectivity index (χ2n) is 5.61. The van der Waals surface area contributed by atoms with Gasteiger partial charge >= 0.3 is 6.03 Å². The van der Waals surface area contributed by atoms with Crippen LogP contribution in [0.5, 0.6) is 0 Å². The normalized spacial score (nSPS) is 10.0. The van der Waals surface area contributed by atoms with Crippen LogP contribution in [0.3, 0.4) is 0 Å². The summed E-state index contributed by atoms with van der Waals surface area (Å²) in [5.41, 5.74) is 3.34. The van der Waals surface area contributed by atoms with Crippen molar-refractivity contribution in [3.63, 3.8) is 0 Å². The van der Waals surface area contributed by atoms with E-state index >= 15 is 0 Å². The summed E-state index contributed by atoms with van der Waals surface area (Å²) in [5, 5.41) is 8.07. The Labute approximate surface area is 142 Å². The fraction of sp³-hybridized carbons (Fsp3) is 0.263. The second kappa shape index (κ2) is 9.35. The number of rotatable bonds is 7. The van der Waals surface area contributed by atoms with Gasteiger partial charge in [-0.15, -0.1) is 0 Å². The molecular formula is C19H23N3O2. The van der Waals surface area contributed by atoms with Gasteiger partial charge in [0, 0.05) is 13.1 Å². The Morgan fingerprint density at radius 2 is 1.62 bits per heavy atom. The predicted octanol–water partition coefficient (Wildman–Crippen LogP) is 2.15. The van der Waals surface area contributed by atoms with E-state index in [1.807, 2.05) is 61.5 Å². The third kappa shape index (κ3) is 6.52. The monoisotopic (exact) mass is 325 g/mol. The van der Waals surface area contributed by atoms with E-state index in [1.54, 1.807) is 0 Å². The molecule has 2 aromatic rings. The lowest BCUT2D eigenvalue weighted by molar-refractivity contribution is -0.120. The first-order valence-electron chi connectivity index (χ1n) is 8.01. The molecule has 0 atom stereocenters. The Hall–Kier alpha value is -2.82. The van der Waals surface area contributed by atoms with Gasteiger partial charge in [0.1, 0.15) is 0 Å². The van der Waals surface area contributed by atoms with Crippen LogP contribution in [-0.4, -0.2) is 25.0 Å². The molecule has 0 saturated carbocycles. The number of carbonyl (C=O) groups excluding carboxylic acids is 2. The van der Waals surface area contributed by atoms with Gasteiger partial charge in [-0.3, -0.25) is 4.79 Å². The number of benzene rings is 2. The molecule has 0 aliphatic carbocycles. The summed E-state index contributed by atoms with van der Waals surface area (Å²) >= 11 is 0. The van der Waals surface area contributed by atoms with Gasteiger partial charge in [-0.05, 0) is 24.5 Å². The van der Waals surface area contributed by atoms with Crippen LogP contribution in [0, 0.1) is 6.92 Å². The van der Waals surface area contributed by atoms with Crippen molar-refractivity contribution in [2.75, 3.05) is 13.1 Å². The van der Waals surface area contributed by atoms with Crippen molar-refractivity contribution in [2.24, 2.45) is 0 Å². The zero-order valence-electron chi connectivity index (χ0n) is 13.8. The van der Waals surface area contributed by atoms with Gasteiger partial charge in [0.05, 0.1) is 6.54 Å². The smallest absolute Gasteiger partial charge is 0.315 e. The summed E-state index contributed by atoms with van der Waals surface area (Å²) in [6, 6.07) is 17.5. The number of aryl methyl sites for hydroxylation is 1. The van der Waals surface area contributed by atoms with Crippen LogP contribution in [-0.2, 0) is 17.8 Å². The van der Waals surface area contributed by atoms with E-state index in [0.29, 0.717) is 13.1 Å². The molecule has 2 rings (SSSR count). The van der Waals surface area contributed by atoms with Crippen LogP contribution >= 0.6 is 0 Å². The van der Waals surface area contributed by atoms with E-state index in [4.69, 9.17) is 0 Å². The zero-order valence-corrected chi connectivity index (χ0v) is 13.8. The highest BCUT2D eigenvalue weighted by Crippen LogP contribution is 2.03. The average Bonchev–Trinajstić information content (AvgIpc) is 2.59. The maximum atomic E-state index is 11.7. The van der Waals surface area contributed by atoms with Crippen molar-refractivity contribution >= 4 is 11.9 Å². The molecule has 0 spiro atoms. The SMILES string of the molecule is Cc1cccc(CNC(=O)NCC(=O)NCCc2ccccc2)c1. The number of hydrogen-bond donors (Lipinski definition) is 3. The van der Waals surface area contributed by atoms with Crippen LogP contribution in [0.2, 0.25) is 0 Å². The summed E-state index contributed by atoms with van der Waals surface area (Å²) < 4.78 is 0.